The monoisotopic (exact) mass is 409 g/mol. The molecule has 0 radical (unpaired) electrons. The van der Waals surface area contributed by atoms with Crippen LogP contribution in [0.3, 0.4) is 0 Å². The highest BCUT2D eigenvalue weighted by atomic mass is 35.5. The summed E-state index contributed by atoms with van der Waals surface area (Å²) >= 11 is 6.09. The van der Waals surface area contributed by atoms with E-state index in [0.717, 1.165) is 39.3 Å². The highest BCUT2D eigenvalue weighted by Gasteiger charge is 2.40. The van der Waals surface area contributed by atoms with Crippen molar-refractivity contribution in [1.82, 2.24) is 10.2 Å². The summed E-state index contributed by atoms with van der Waals surface area (Å²) in [6, 6.07) is 5.18. The van der Waals surface area contributed by atoms with Gasteiger partial charge in [-0.2, -0.15) is 0 Å². The van der Waals surface area contributed by atoms with Gasteiger partial charge < -0.3 is 19.7 Å². The molecule has 154 valence electrons. The first-order valence-electron chi connectivity index (χ1n) is 9.74. The lowest BCUT2D eigenvalue weighted by Crippen LogP contribution is -2.53. The van der Waals surface area contributed by atoms with Crippen molar-refractivity contribution >= 4 is 29.1 Å². The molecule has 2 aliphatic rings. The number of hydrogen-bond acceptors (Lipinski definition) is 5. The minimum absolute atomic E-state index is 0.0670. The van der Waals surface area contributed by atoms with Gasteiger partial charge in [0.2, 0.25) is 5.91 Å². The van der Waals surface area contributed by atoms with Crippen LogP contribution < -0.4 is 15.0 Å². The van der Waals surface area contributed by atoms with E-state index in [1.165, 1.54) is 0 Å². The Morgan fingerprint density at radius 3 is 2.75 bits per heavy atom. The summed E-state index contributed by atoms with van der Waals surface area (Å²) < 4.78 is 11.1. The van der Waals surface area contributed by atoms with Crippen molar-refractivity contribution in [3.63, 3.8) is 0 Å². The maximum absolute atomic E-state index is 12.8. The Kier molecular flexibility index (Phi) is 6.80. The van der Waals surface area contributed by atoms with E-state index in [1.54, 1.807) is 36.9 Å². The molecule has 2 aliphatic heterocycles. The fourth-order valence-electron chi connectivity index (χ4n) is 3.42. The largest absolute Gasteiger partial charge is 0.476 e. The number of anilines is 1. The molecule has 2 amide bonds. The number of nitrogens with zero attached hydrogens (tertiary/aromatic N) is 2. The summed E-state index contributed by atoms with van der Waals surface area (Å²) in [6.07, 6.45) is 1.12. The third kappa shape index (κ3) is 5.16. The Labute approximate surface area is 170 Å². The molecule has 28 heavy (non-hydrogen) atoms. The molecule has 0 aliphatic carbocycles. The van der Waals surface area contributed by atoms with Crippen LogP contribution in [0.1, 0.15) is 26.7 Å². The normalized spacial score (nSPS) is 19.1. The lowest BCUT2D eigenvalue weighted by molar-refractivity contribution is -0.132. The summed E-state index contributed by atoms with van der Waals surface area (Å²) in [6.45, 7) is 8.78. The van der Waals surface area contributed by atoms with Crippen LogP contribution >= 0.6 is 11.6 Å². The van der Waals surface area contributed by atoms with Crippen molar-refractivity contribution in [3.8, 4) is 5.75 Å². The average molecular weight is 410 g/mol. The number of morpholine rings is 1. The van der Waals surface area contributed by atoms with E-state index in [0.29, 0.717) is 23.0 Å². The first kappa shape index (κ1) is 20.9. The van der Waals surface area contributed by atoms with Gasteiger partial charge in [-0.25, -0.2) is 0 Å². The molecule has 0 bridgehead atoms. The lowest BCUT2D eigenvalue weighted by atomic mass is 10.0. The molecule has 1 fully saturated rings. The Morgan fingerprint density at radius 2 is 2.00 bits per heavy atom. The number of ether oxygens (including phenoxy) is 2. The summed E-state index contributed by atoms with van der Waals surface area (Å²) in [5, 5.41) is 3.46. The topological polar surface area (TPSA) is 71.1 Å². The third-order valence-electron chi connectivity index (χ3n) is 4.98. The van der Waals surface area contributed by atoms with E-state index in [4.69, 9.17) is 21.1 Å². The van der Waals surface area contributed by atoms with Gasteiger partial charge in [0.15, 0.2) is 5.60 Å². The summed E-state index contributed by atoms with van der Waals surface area (Å²) in [5.74, 6) is 0.352. The van der Waals surface area contributed by atoms with Crippen molar-refractivity contribution in [2.45, 2.75) is 32.3 Å². The fourth-order valence-corrected chi connectivity index (χ4v) is 3.59. The number of hydrogen-bond donors (Lipinski definition) is 1. The molecule has 1 aromatic carbocycles. The molecule has 1 aromatic rings. The van der Waals surface area contributed by atoms with E-state index in [-0.39, 0.29) is 24.8 Å². The highest BCUT2D eigenvalue weighted by molar-refractivity contribution is 6.31. The van der Waals surface area contributed by atoms with Crippen molar-refractivity contribution in [2.24, 2.45) is 0 Å². The number of amides is 2. The van der Waals surface area contributed by atoms with Gasteiger partial charge in [-0.1, -0.05) is 11.6 Å². The molecule has 0 atom stereocenters. The van der Waals surface area contributed by atoms with Crippen molar-refractivity contribution in [1.29, 1.82) is 0 Å². The zero-order valence-electron chi connectivity index (χ0n) is 16.5. The van der Waals surface area contributed by atoms with Crippen LogP contribution in [0.4, 0.5) is 5.69 Å². The summed E-state index contributed by atoms with van der Waals surface area (Å²) in [4.78, 5) is 29.0. The SMILES string of the molecule is CC1(C)Oc2ccc(Cl)cc2N(CCC(=O)NCCCN2CCOCC2)C1=O. The van der Waals surface area contributed by atoms with Crippen molar-refractivity contribution < 1.29 is 19.1 Å². The van der Waals surface area contributed by atoms with E-state index in [2.05, 4.69) is 10.2 Å². The van der Waals surface area contributed by atoms with Crippen molar-refractivity contribution in [3.05, 3.63) is 23.2 Å². The number of nitrogens with one attached hydrogen (secondary N) is 1. The Balaban J connectivity index is 1.49. The van der Waals surface area contributed by atoms with Crippen LogP contribution in [0.2, 0.25) is 5.02 Å². The van der Waals surface area contributed by atoms with Gasteiger partial charge in [-0.3, -0.25) is 14.5 Å². The molecule has 8 heteroatoms. The predicted octanol–water partition coefficient (Wildman–Crippen LogP) is 2.07. The third-order valence-corrected chi connectivity index (χ3v) is 5.21. The number of carbonyl (C=O) groups is 2. The molecule has 2 heterocycles. The molecule has 0 saturated carbocycles. The second-order valence-electron chi connectivity index (χ2n) is 7.59. The number of carbonyl (C=O) groups excluding carboxylic acids is 2. The van der Waals surface area contributed by atoms with Gasteiger partial charge in [-0.05, 0) is 45.0 Å². The molecule has 0 unspecified atom stereocenters. The number of rotatable bonds is 7. The lowest BCUT2D eigenvalue weighted by Gasteiger charge is -2.38. The maximum Gasteiger partial charge on any atom is 0.270 e. The summed E-state index contributed by atoms with van der Waals surface area (Å²) in [5.41, 5.74) is -0.368. The van der Waals surface area contributed by atoms with Gasteiger partial charge in [-0.15, -0.1) is 0 Å². The molecule has 0 spiro atoms. The van der Waals surface area contributed by atoms with Gasteiger partial charge >= 0.3 is 0 Å². The smallest absolute Gasteiger partial charge is 0.270 e. The van der Waals surface area contributed by atoms with Crippen LogP contribution in [0, 0.1) is 0 Å². The molecular formula is C20H28ClN3O4. The first-order valence-corrected chi connectivity index (χ1v) is 10.1. The molecule has 1 N–H and O–H groups in total. The fraction of sp³-hybridized carbons (Fsp3) is 0.600. The molecule has 7 nitrogen and oxygen atoms in total. The Hall–Kier alpha value is -1.83. The first-order chi connectivity index (χ1) is 13.4. The molecule has 0 aromatic heterocycles. The number of benzene rings is 1. The number of fused-ring (bicyclic) bond motifs is 1. The zero-order valence-corrected chi connectivity index (χ0v) is 17.3. The maximum atomic E-state index is 12.8. The van der Waals surface area contributed by atoms with E-state index < -0.39 is 5.60 Å². The molecular weight excluding hydrogens is 382 g/mol. The summed E-state index contributed by atoms with van der Waals surface area (Å²) in [7, 11) is 0. The van der Waals surface area contributed by atoms with Gasteiger partial charge in [0, 0.05) is 37.6 Å². The van der Waals surface area contributed by atoms with Crippen LogP contribution in [0.15, 0.2) is 18.2 Å². The van der Waals surface area contributed by atoms with Gasteiger partial charge in [0.25, 0.3) is 5.91 Å². The van der Waals surface area contributed by atoms with Crippen LogP contribution in [-0.2, 0) is 14.3 Å². The van der Waals surface area contributed by atoms with E-state index in [1.807, 2.05) is 0 Å². The van der Waals surface area contributed by atoms with Crippen molar-refractivity contribution in [2.75, 3.05) is 50.8 Å². The van der Waals surface area contributed by atoms with Crippen LogP contribution in [-0.4, -0.2) is 68.3 Å². The number of halogens is 1. The van der Waals surface area contributed by atoms with Crippen LogP contribution in [0.5, 0.6) is 5.75 Å². The predicted molar refractivity (Wildman–Crippen MR) is 108 cm³/mol. The van der Waals surface area contributed by atoms with Gasteiger partial charge in [0.05, 0.1) is 18.9 Å². The quantitative estimate of drug-likeness (QED) is 0.698. The second kappa shape index (κ2) is 9.11. The minimum atomic E-state index is -0.977. The van der Waals surface area contributed by atoms with E-state index >= 15 is 0 Å². The Bertz CT molecular complexity index is 719. The average Bonchev–Trinajstić information content (AvgIpc) is 2.67. The van der Waals surface area contributed by atoms with E-state index in [9.17, 15) is 9.59 Å². The standard InChI is InChI=1S/C20H28ClN3O4/c1-20(2)19(26)24(16-14-15(21)4-5-17(16)28-20)9-6-18(25)22-7-3-8-23-10-12-27-13-11-23/h4-5,14H,3,6-13H2,1-2H3,(H,22,25). The second-order valence-corrected chi connectivity index (χ2v) is 8.03. The van der Waals surface area contributed by atoms with Crippen LogP contribution in [0.25, 0.3) is 0 Å². The minimum Gasteiger partial charge on any atom is -0.476 e. The molecule has 1 saturated heterocycles. The molecule has 3 rings (SSSR count). The highest BCUT2D eigenvalue weighted by Crippen LogP contribution is 2.39. The van der Waals surface area contributed by atoms with Gasteiger partial charge in [0.1, 0.15) is 5.75 Å². The zero-order chi connectivity index (χ0) is 20.1. The Morgan fingerprint density at radius 1 is 1.25 bits per heavy atom.